The Bertz CT molecular complexity index is 656. The summed E-state index contributed by atoms with van der Waals surface area (Å²) in [7, 11) is 1.68. The molecule has 1 aromatic carbocycles. The Morgan fingerprint density at radius 1 is 1.11 bits per heavy atom. The van der Waals surface area contributed by atoms with E-state index in [-0.39, 0.29) is 0 Å². The topological polar surface area (TPSA) is 72.7 Å². The number of hydrogen-bond donors (Lipinski definition) is 2. The fourth-order valence-electron chi connectivity index (χ4n) is 2.65. The van der Waals surface area contributed by atoms with Crippen molar-refractivity contribution in [1.82, 2.24) is 20.4 Å². The van der Waals surface area contributed by atoms with E-state index in [1.165, 1.54) is 5.56 Å². The van der Waals surface area contributed by atoms with E-state index < -0.39 is 0 Å². The normalized spacial score (nSPS) is 11.6. The standard InChI is InChI=1S/C21H33N5O2/c1-3-22-21(23-12-4-5-16-28-18-17-27-2)24-14-11-19-7-9-20(10-8-19)26-15-6-13-25-26/h6-10,13,15H,3-5,11-12,14,16-18H2,1-2H3,(H2,22,23,24). The number of nitrogens with zero attached hydrogens (tertiary/aromatic N) is 3. The summed E-state index contributed by atoms with van der Waals surface area (Å²) in [5, 5.41) is 10.9. The van der Waals surface area contributed by atoms with Gasteiger partial charge in [0, 0.05) is 45.7 Å². The lowest BCUT2D eigenvalue weighted by molar-refractivity contribution is 0.0690. The monoisotopic (exact) mass is 387 g/mol. The zero-order valence-electron chi connectivity index (χ0n) is 17.1. The molecule has 0 aliphatic rings. The van der Waals surface area contributed by atoms with Gasteiger partial charge in [0.05, 0.1) is 18.9 Å². The fourth-order valence-corrected chi connectivity index (χ4v) is 2.65. The molecule has 0 saturated carbocycles. The molecule has 154 valence electrons. The van der Waals surface area contributed by atoms with Crippen molar-refractivity contribution in [1.29, 1.82) is 0 Å². The molecule has 0 atom stereocenters. The maximum absolute atomic E-state index is 5.46. The minimum atomic E-state index is 0.651. The van der Waals surface area contributed by atoms with E-state index in [9.17, 15) is 0 Å². The lowest BCUT2D eigenvalue weighted by atomic mass is 10.1. The zero-order valence-corrected chi connectivity index (χ0v) is 17.1. The molecule has 0 spiro atoms. The minimum absolute atomic E-state index is 0.651. The number of nitrogens with one attached hydrogen (secondary N) is 2. The number of unbranched alkanes of at least 4 members (excludes halogenated alkanes) is 1. The van der Waals surface area contributed by atoms with Crippen LogP contribution in [0.5, 0.6) is 0 Å². The fraction of sp³-hybridized carbons (Fsp3) is 0.524. The van der Waals surface area contributed by atoms with Crippen LogP contribution < -0.4 is 10.6 Å². The van der Waals surface area contributed by atoms with Crippen LogP contribution >= 0.6 is 0 Å². The van der Waals surface area contributed by atoms with E-state index >= 15 is 0 Å². The summed E-state index contributed by atoms with van der Waals surface area (Å²) in [6.07, 6.45) is 6.69. The summed E-state index contributed by atoms with van der Waals surface area (Å²) in [6, 6.07) is 10.4. The molecule has 0 saturated heterocycles. The van der Waals surface area contributed by atoms with Gasteiger partial charge in [-0.3, -0.25) is 4.99 Å². The van der Waals surface area contributed by atoms with Crippen LogP contribution in [0.4, 0.5) is 0 Å². The van der Waals surface area contributed by atoms with E-state index in [4.69, 9.17) is 9.47 Å². The second-order valence-electron chi connectivity index (χ2n) is 6.37. The summed E-state index contributed by atoms with van der Waals surface area (Å²) in [4.78, 5) is 4.63. The molecule has 0 radical (unpaired) electrons. The minimum Gasteiger partial charge on any atom is -0.382 e. The Morgan fingerprint density at radius 3 is 2.68 bits per heavy atom. The number of hydrogen-bond acceptors (Lipinski definition) is 4. The SMILES string of the molecule is CCNC(=NCCCCOCCOC)NCCc1ccc(-n2cccn2)cc1. The summed E-state index contributed by atoms with van der Waals surface area (Å²) in [5.74, 6) is 0.871. The maximum atomic E-state index is 5.46. The van der Waals surface area contributed by atoms with Crippen molar-refractivity contribution in [2.24, 2.45) is 4.99 Å². The van der Waals surface area contributed by atoms with Gasteiger partial charge in [0.25, 0.3) is 0 Å². The predicted octanol–water partition coefficient (Wildman–Crippen LogP) is 2.41. The number of aromatic nitrogens is 2. The van der Waals surface area contributed by atoms with Crippen LogP contribution in [-0.2, 0) is 15.9 Å². The average Bonchev–Trinajstić information content (AvgIpc) is 3.25. The maximum Gasteiger partial charge on any atom is 0.191 e. The van der Waals surface area contributed by atoms with Gasteiger partial charge >= 0.3 is 0 Å². The number of aliphatic imine (C=N–C) groups is 1. The quantitative estimate of drug-likeness (QED) is 0.314. The van der Waals surface area contributed by atoms with Gasteiger partial charge in [-0.15, -0.1) is 0 Å². The number of benzene rings is 1. The van der Waals surface area contributed by atoms with E-state index in [0.717, 1.165) is 57.2 Å². The first-order valence-corrected chi connectivity index (χ1v) is 10.0. The van der Waals surface area contributed by atoms with Gasteiger partial charge in [-0.05, 0) is 49.9 Å². The Balaban J connectivity index is 1.66. The molecular weight excluding hydrogens is 354 g/mol. The predicted molar refractivity (Wildman–Crippen MR) is 113 cm³/mol. The third-order valence-corrected chi connectivity index (χ3v) is 4.15. The van der Waals surface area contributed by atoms with Crippen LogP contribution in [0.15, 0.2) is 47.7 Å². The molecule has 2 rings (SSSR count). The van der Waals surface area contributed by atoms with Crippen LogP contribution in [0.2, 0.25) is 0 Å². The van der Waals surface area contributed by atoms with Gasteiger partial charge in [0.2, 0.25) is 0 Å². The zero-order chi connectivity index (χ0) is 19.9. The molecule has 2 aromatic rings. The highest BCUT2D eigenvalue weighted by Gasteiger charge is 2.00. The number of methoxy groups -OCH3 is 1. The summed E-state index contributed by atoms with van der Waals surface area (Å²) < 4.78 is 12.3. The first-order chi connectivity index (χ1) is 13.8. The Hall–Kier alpha value is -2.38. The Labute approximate surface area is 168 Å². The van der Waals surface area contributed by atoms with Crippen LogP contribution in [0.3, 0.4) is 0 Å². The van der Waals surface area contributed by atoms with E-state index in [0.29, 0.717) is 13.2 Å². The van der Waals surface area contributed by atoms with Crippen molar-refractivity contribution >= 4 is 5.96 Å². The van der Waals surface area contributed by atoms with Gasteiger partial charge in [-0.25, -0.2) is 4.68 Å². The molecule has 0 aliphatic carbocycles. The van der Waals surface area contributed by atoms with Crippen molar-refractivity contribution in [3.8, 4) is 5.69 Å². The van der Waals surface area contributed by atoms with E-state index in [1.807, 2.05) is 16.9 Å². The van der Waals surface area contributed by atoms with Crippen molar-refractivity contribution < 1.29 is 9.47 Å². The lowest BCUT2D eigenvalue weighted by Gasteiger charge is -2.11. The number of rotatable bonds is 13. The molecule has 0 unspecified atom stereocenters. The average molecular weight is 388 g/mol. The molecule has 7 nitrogen and oxygen atoms in total. The molecule has 0 amide bonds. The first-order valence-electron chi connectivity index (χ1n) is 10.0. The van der Waals surface area contributed by atoms with Crippen molar-refractivity contribution in [2.75, 3.05) is 46.6 Å². The lowest BCUT2D eigenvalue weighted by Crippen LogP contribution is -2.38. The molecule has 0 bridgehead atoms. The third kappa shape index (κ3) is 8.54. The molecule has 2 N–H and O–H groups in total. The number of ether oxygens (including phenoxy) is 2. The van der Waals surface area contributed by atoms with Crippen molar-refractivity contribution in [3.63, 3.8) is 0 Å². The first kappa shape index (κ1) is 21.9. The summed E-state index contributed by atoms with van der Waals surface area (Å²) in [5.41, 5.74) is 2.36. The highest BCUT2D eigenvalue weighted by molar-refractivity contribution is 5.79. The molecule has 0 fully saturated rings. The largest absolute Gasteiger partial charge is 0.382 e. The van der Waals surface area contributed by atoms with E-state index in [1.54, 1.807) is 13.3 Å². The van der Waals surface area contributed by atoms with Crippen molar-refractivity contribution in [2.45, 2.75) is 26.2 Å². The second kappa shape index (κ2) is 13.7. The summed E-state index contributed by atoms with van der Waals surface area (Å²) >= 11 is 0. The van der Waals surface area contributed by atoms with Crippen LogP contribution in [0.1, 0.15) is 25.3 Å². The number of guanidine groups is 1. The molecule has 7 heteroatoms. The van der Waals surface area contributed by atoms with Crippen LogP contribution in [0, 0.1) is 0 Å². The molecule has 1 heterocycles. The third-order valence-electron chi connectivity index (χ3n) is 4.15. The van der Waals surface area contributed by atoms with Gasteiger partial charge in [0.15, 0.2) is 5.96 Å². The van der Waals surface area contributed by atoms with Crippen molar-refractivity contribution in [3.05, 3.63) is 48.3 Å². The Kier molecular flexibility index (Phi) is 10.8. The second-order valence-corrected chi connectivity index (χ2v) is 6.37. The van der Waals surface area contributed by atoms with Gasteiger partial charge in [0.1, 0.15) is 0 Å². The molecule has 1 aromatic heterocycles. The molecule has 28 heavy (non-hydrogen) atoms. The highest BCUT2D eigenvalue weighted by atomic mass is 16.5. The molecular formula is C21H33N5O2. The van der Waals surface area contributed by atoms with Crippen LogP contribution in [-0.4, -0.2) is 62.3 Å². The summed E-state index contributed by atoms with van der Waals surface area (Å²) in [6.45, 7) is 6.64. The molecule has 0 aliphatic heterocycles. The smallest absolute Gasteiger partial charge is 0.191 e. The Morgan fingerprint density at radius 2 is 1.96 bits per heavy atom. The van der Waals surface area contributed by atoms with Gasteiger partial charge in [-0.2, -0.15) is 5.10 Å². The van der Waals surface area contributed by atoms with Gasteiger partial charge in [-0.1, -0.05) is 12.1 Å². The van der Waals surface area contributed by atoms with E-state index in [2.05, 4.69) is 51.9 Å². The highest BCUT2D eigenvalue weighted by Crippen LogP contribution is 2.08. The van der Waals surface area contributed by atoms with Gasteiger partial charge < -0.3 is 20.1 Å². The van der Waals surface area contributed by atoms with Crippen LogP contribution in [0.25, 0.3) is 5.69 Å².